The van der Waals surface area contributed by atoms with Gasteiger partial charge >= 0.3 is 11.9 Å². The molecule has 0 radical (unpaired) electrons. The van der Waals surface area contributed by atoms with Gasteiger partial charge in [0.1, 0.15) is 13.1 Å². The number of benzene rings is 1. The lowest BCUT2D eigenvalue weighted by molar-refractivity contribution is -0.139. The lowest BCUT2D eigenvalue weighted by Gasteiger charge is -2.18. The monoisotopic (exact) mass is 298 g/mol. The Balaban J connectivity index is 3.17. The van der Waals surface area contributed by atoms with Gasteiger partial charge in [-0.2, -0.15) is 9.57 Å². The molecule has 1 aromatic rings. The fourth-order valence-electron chi connectivity index (χ4n) is 1.38. The van der Waals surface area contributed by atoms with Crippen molar-refractivity contribution in [2.75, 3.05) is 13.1 Å². The van der Waals surface area contributed by atoms with Gasteiger partial charge in [-0.25, -0.2) is 8.42 Å². The third-order valence-corrected chi connectivity index (χ3v) is 4.05. The van der Waals surface area contributed by atoms with Crippen LogP contribution < -0.4 is 0 Å². The number of hydrogen-bond acceptors (Lipinski definition) is 5. The molecule has 0 saturated carbocycles. The third kappa shape index (κ3) is 3.78. The maximum atomic E-state index is 12.1. The molecule has 1 aromatic carbocycles. The van der Waals surface area contributed by atoms with Crippen molar-refractivity contribution in [3.63, 3.8) is 0 Å². The van der Waals surface area contributed by atoms with Crippen LogP contribution in [-0.2, 0) is 19.6 Å². The molecule has 0 amide bonds. The molecule has 9 heteroatoms. The van der Waals surface area contributed by atoms with Crippen LogP contribution in [0.15, 0.2) is 29.2 Å². The second-order valence-corrected chi connectivity index (χ2v) is 5.63. The van der Waals surface area contributed by atoms with Crippen molar-refractivity contribution in [2.24, 2.45) is 0 Å². The highest BCUT2D eigenvalue weighted by atomic mass is 32.2. The smallest absolute Gasteiger partial charge is 0.318 e. The molecule has 0 atom stereocenters. The van der Waals surface area contributed by atoms with E-state index in [1.165, 1.54) is 12.1 Å². The predicted molar refractivity (Wildman–Crippen MR) is 65.2 cm³/mol. The maximum Gasteiger partial charge on any atom is 0.318 e. The van der Waals surface area contributed by atoms with Gasteiger partial charge in [0.05, 0.1) is 16.5 Å². The Kier molecular flexibility index (Phi) is 4.79. The lowest BCUT2D eigenvalue weighted by atomic mass is 10.2. The van der Waals surface area contributed by atoms with E-state index < -0.39 is 35.1 Å². The number of hydrogen-bond donors (Lipinski definition) is 2. The van der Waals surface area contributed by atoms with E-state index in [0.29, 0.717) is 4.31 Å². The molecular formula is C11H10N2O6S. The van der Waals surface area contributed by atoms with Gasteiger partial charge in [-0.15, -0.1) is 0 Å². The van der Waals surface area contributed by atoms with E-state index in [2.05, 4.69) is 0 Å². The summed E-state index contributed by atoms with van der Waals surface area (Å²) in [6.45, 7) is -1.93. The highest BCUT2D eigenvalue weighted by molar-refractivity contribution is 7.89. The molecule has 0 aliphatic carbocycles. The first-order valence-corrected chi connectivity index (χ1v) is 6.65. The van der Waals surface area contributed by atoms with Gasteiger partial charge in [0.25, 0.3) is 0 Å². The van der Waals surface area contributed by atoms with E-state index in [1.807, 2.05) is 0 Å². The molecule has 0 unspecified atom stereocenters. The Labute approximate surface area is 114 Å². The molecule has 0 aliphatic rings. The zero-order valence-electron chi connectivity index (χ0n) is 10.1. The van der Waals surface area contributed by atoms with Gasteiger partial charge < -0.3 is 10.2 Å². The third-order valence-electron chi connectivity index (χ3n) is 2.24. The highest BCUT2D eigenvalue weighted by Gasteiger charge is 2.28. The first-order chi connectivity index (χ1) is 9.27. The van der Waals surface area contributed by atoms with Gasteiger partial charge in [0.2, 0.25) is 10.0 Å². The first kappa shape index (κ1) is 15.6. The van der Waals surface area contributed by atoms with Gasteiger partial charge in [-0.05, 0) is 24.3 Å². The number of carboxylic acids is 2. The summed E-state index contributed by atoms with van der Waals surface area (Å²) in [5, 5.41) is 25.9. The minimum Gasteiger partial charge on any atom is -0.480 e. The van der Waals surface area contributed by atoms with Crippen LogP contribution in [0.5, 0.6) is 0 Å². The van der Waals surface area contributed by atoms with Crippen LogP contribution in [0.1, 0.15) is 5.56 Å². The van der Waals surface area contributed by atoms with E-state index in [1.54, 1.807) is 6.07 Å². The van der Waals surface area contributed by atoms with Crippen molar-refractivity contribution < 1.29 is 28.2 Å². The number of aliphatic carboxylic acids is 2. The van der Waals surface area contributed by atoms with Crippen LogP contribution in [0, 0.1) is 11.3 Å². The van der Waals surface area contributed by atoms with Crippen LogP contribution in [0.4, 0.5) is 0 Å². The number of nitrogens with zero attached hydrogens (tertiary/aromatic N) is 2. The van der Waals surface area contributed by atoms with Crippen molar-refractivity contribution in [1.82, 2.24) is 4.31 Å². The van der Waals surface area contributed by atoms with E-state index in [9.17, 15) is 18.0 Å². The van der Waals surface area contributed by atoms with E-state index in [4.69, 9.17) is 15.5 Å². The largest absolute Gasteiger partial charge is 0.480 e. The van der Waals surface area contributed by atoms with Crippen molar-refractivity contribution >= 4 is 22.0 Å². The van der Waals surface area contributed by atoms with E-state index in [-0.39, 0.29) is 10.5 Å². The first-order valence-electron chi connectivity index (χ1n) is 5.21. The number of carbonyl (C=O) groups is 2. The summed E-state index contributed by atoms with van der Waals surface area (Å²) in [6.07, 6.45) is 0. The van der Waals surface area contributed by atoms with Crippen LogP contribution >= 0.6 is 0 Å². The molecule has 106 valence electrons. The Bertz CT molecular complexity index is 643. The van der Waals surface area contributed by atoms with Crippen molar-refractivity contribution in [3.8, 4) is 6.07 Å². The van der Waals surface area contributed by atoms with Gasteiger partial charge in [-0.1, -0.05) is 0 Å². The predicted octanol–water partition coefficient (Wildman–Crippen LogP) is -0.282. The fourth-order valence-corrected chi connectivity index (χ4v) is 2.72. The molecular weight excluding hydrogens is 288 g/mol. The Morgan fingerprint density at radius 3 is 1.90 bits per heavy atom. The molecule has 2 N–H and O–H groups in total. The van der Waals surface area contributed by atoms with Crippen molar-refractivity contribution in [1.29, 1.82) is 5.26 Å². The summed E-state index contributed by atoms with van der Waals surface area (Å²) in [7, 11) is -4.25. The SMILES string of the molecule is N#Cc1ccc(S(=O)(=O)N(CC(=O)O)CC(=O)O)cc1. The van der Waals surface area contributed by atoms with Crippen LogP contribution in [-0.4, -0.2) is 48.0 Å². The number of nitriles is 1. The molecule has 0 aromatic heterocycles. The van der Waals surface area contributed by atoms with Gasteiger partial charge in [0, 0.05) is 0 Å². The van der Waals surface area contributed by atoms with Crippen LogP contribution in [0.25, 0.3) is 0 Å². The summed E-state index contributed by atoms with van der Waals surface area (Å²) in [5.74, 6) is -2.94. The van der Waals surface area contributed by atoms with Gasteiger partial charge in [-0.3, -0.25) is 9.59 Å². The molecule has 0 bridgehead atoms. The standard InChI is InChI=1S/C11H10N2O6S/c12-5-8-1-3-9(4-2-8)20(18,19)13(6-10(14)15)7-11(16)17/h1-4H,6-7H2,(H,14,15)(H,16,17). The average molecular weight is 298 g/mol. The second kappa shape index (κ2) is 6.14. The zero-order valence-corrected chi connectivity index (χ0v) is 10.9. The van der Waals surface area contributed by atoms with Crippen LogP contribution in [0.3, 0.4) is 0 Å². The average Bonchev–Trinajstić information content (AvgIpc) is 2.37. The molecule has 0 heterocycles. The Morgan fingerprint density at radius 1 is 1.10 bits per heavy atom. The van der Waals surface area contributed by atoms with E-state index in [0.717, 1.165) is 12.1 Å². The molecule has 0 spiro atoms. The molecule has 0 saturated heterocycles. The molecule has 20 heavy (non-hydrogen) atoms. The fraction of sp³-hybridized carbons (Fsp3) is 0.182. The summed E-state index contributed by atoms with van der Waals surface area (Å²) >= 11 is 0. The molecule has 0 aliphatic heterocycles. The normalized spacial score (nSPS) is 11.0. The summed E-state index contributed by atoms with van der Waals surface area (Å²) < 4.78 is 24.6. The number of sulfonamides is 1. The van der Waals surface area contributed by atoms with Crippen molar-refractivity contribution in [3.05, 3.63) is 29.8 Å². The molecule has 1 rings (SSSR count). The van der Waals surface area contributed by atoms with E-state index >= 15 is 0 Å². The minimum atomic E-state index is -4.25. The Hall–Kier alpha value is -2.44. The molecule has 8 nitrogen and oxygen atoms in total. The lowest BCUT2D eigenvalue weighted by Crippen LogP contribution is -2.39. The highest BCUT2D eigenvalue weighted by Crippen LogP contribution is 2.16. The maximum absolute atomic E-state index is 12.1. The molecule has 0 fully saturated rings. The minimum absolute atomic E-state index is 0.229. The quantitative estimate of drug-likeness (QED) is 0.736. The summed E-state index contributed by atoms with van der Waals surface area (Å²) in [5.41, 5.74) is 0.229. The summed E-state index contributed by atoms with van der Waals surface area (Å²) in [4.78, 5) is 21.0. The van der Waals surface area contributed by atoms with Gasteiger partial charge in [0.15, 0.2) is 0 Å². The Morgan fingerprint density at radius 2 is 1.55 bits per heavy atom. The second-order valence-electron chi connectivity index (χ2n) is 3.70. The summed E-state index contributed by atoms with van der Waals surface area (Å²) in [6, 6.07) is 6.52. The zero-order chi connectivity index (χ0) is 15.3. The van der Waals surface area contributed by atoms with Crippen molar-refractivity contribution in [2.45, 2.75) is 4.90 Å². The number of carboxylic acid groups (broad SMARTS) is 2. The number of rotatable bonds is 6. The van der Waals surface area contributed by atoms with Crippen LogP contribution in [0.2, 0.25) is 0 Å². The topological polar surface area (TPSA) is 136 Å².